The molecule has 9 heteroatoms. The Bertz CT molecular complexity index is 990. The molecule has 0 radical (unpaired) electrons. The van der Waals surface area contributed by atoms with Crippen molar-refractivity contribution in [3.63, 3.8) is 0 Å². The summed E-state index contributed by atoms with van der Waals surface area (Å²) in [5, 5.41) is 11.7. The second kappa shape index (κ2) is 9.40. The second-order valence-corrected chi connectivity index (χ2v) is 7.44. The largest absolute Gasteiger partial charge is 0.416 e. The number of halogens is 3. The van der Waals surface area contributed by atoms with Crippen molar-refractivity contribution >= 4 is 6.08 Å². The van der Waals surface area contributed by atoms with Crippen LogP contribution in [0.5, 0.6) is 0 Å². The summed E-state index contributed by atoms with van der Waals surface area (Å²) in [6, 6.07) is 15.1. The maximum atomic E-state index is 12.8. The molecule has 0 N–H and O–H groups in total. The highest BCUT2D eigenvalue weighted by Gasteiger charge is 2.30. The molecular weight excluding hydrogens is 405 g/mol. The van der Waals surface area contributed by atoms with Gasteiger partial charge in [-0.1, -0.05) is 42.5 Å². The number of rotatable bonds is 6. The minimum atomic E-state index is -4.36. The fourth-order valence-corrected chi connectivity index (χ4v) is 3.53. The van der Waals surface area contributed by atoms with Gasteiger partial charge in [0, 0.05) is 32.7 Å². The van der Waals surface area contributed by atoms with Crippen LogP contribution >= 0.6 is 0 Å². The first-order chi connectivity index (χ1) is 15.0. The van der Waals surface area contributed by atoms with E-state index < -0.39 is 11.7 Å². The average Bonchev–Trinajstić information content (AvgIpc) is 3.23. The molecule has 1 aliphatic rings. The lowest BCUT2D eigenvalue weighted by Crippen LogP contribution is -2.46. The SMILES string of the molecule is FC(F)(F)c1ccc(-n2nnnc2CN2CCN(C/C=C/c3ccccc3)CC2)cc1. The molecule has 0 unspecified atom stereocenters. The van der Waals surface area contributed by atoms with Crippen molar-refractivity contribution in [1.29, 1.82) is 0 Å². The van der Waals surface area contributed by atoms with Crippen molar-refractivity contribution in [2.75, 3.05) is 32.7 Å². The average molecular weight is 428 g/mol. The summed E-state index contributed by atoms with van der Waals surface area (Å²) >= 11 is 0. The minimum Gasteiger partial charge on any atom is -0.297 e. The third-order valence-corrected chi connectivity index (χ3v) is 5.28. The summed E-state index contributed by atoms with van der Waals surface area (Å²) in [5.74, 6) is 0.609. The maximum absolute atomic E-state index is 12.8. The fourth-order valence-electron chi connectivity index (χ4n) is 3.53. The number of benzene rings is 2. The number of tetrazole rings is 1. The Hall–Kier alpha value is -3.04. The zero-order valence-corrected chi connectivity index (χ0v) is 16.9. The maximum Gasteiger partial charge on any atom is 0.416 e. The predicted octanol–water partition coefficient (Wildman–Crippen LogP) is 3.51. The van der Waals surface area contributed by atoms with Crippen LogP contribution in [-0.4, -0.2) is 62.7 Å². The van der Waals surface area contributed by atoms with Crippen LogP contribution in [0.25, 0.3) is 11.8 Å². The Balaban J connectivity index is 1.31. The Labute approximate surface area is 178 Å². The van der Waals surface area contributed by atoms with Crippen molar-refractivity contribution in [3.05, 3.63) is 77.6 Å². The van der Waals surface area contributed by atoms with E-state index in [1.54, 1.807) is 0 Å². The van der Waals surface area contributed by atoms with Gasteiger partial charge in [0.05, 0.1) is 17.8 Å². The molecule has 0 bridgehead atoms. The van der Waals surface area contributed by atoms with Crippen LogP contribution in [0.2, 0.25) is 0 Å². The van der Waals surface area contributed by atoms with Crippen molar-refractivity contribution in [3.8, 4) is 5.69 Å². The van der Waals surface area contributed by atoms with Gasteiger partial charge in [-0.25, -0.2) is 0 Å². The van der Waals surface area contributed by atoms with Crippen LogP contribution in [0.15, 0.2) is 60.7 Å². The highest BCUT2D eigenvalue weighted by atomic mass is 19.4. The molecule has 0 amide bonds. The predicted molar refractivity (Wildman–Crippen MR) is 111 cm³/mol. The van der Waals surface area contributed by atoms with Crippen LogP contribution in [0.3, 0.4) is 0 Å². The Morgan fingerprint density at radius 3 is 2.23 bits per heavy atom. The first-order valence-electron chi connectivity index (χ1n) is 10.1. The highest BCUT2D eigenvalue weighted by molar-refractivity contribution is 5.48. The summed E-state index contributed by atoms with van der Waals surface area (Å²) in [6.07, 6.45) is -0.0569. The third-order valence-electron chi connectivity index (χ3n) is 5.28. The van der Waals surface area contributed by atoms with Gasteiger partial charge in [0.15, 0.2) is 5.82 Å². The van der Waals surface area contributed by atoms with Crippen LogP contribution < -0.4 is 0 Å². The van der Waals surface area contributed by atoms with Gasteiger partial charge in [-0.3, -0.25) is 9.80 Å². The molecular formula is C22H23F3N6. The molecule has 0 saturated carbocycles. The van der Waals surface area contributed by atoms with Gasteiger partial charge in [0.2, 0.25) is 0 Å². The molecule has 0 aliphatic carbocycles. The van der Waals surface area contributed by atoms with Gasteiger partial charge in [-0.2, -0.15) is 17.9 Å². The summed E-state index contributed by atoms with van der Waals surface area (Å²) in [5.41, 5.74) is 1.01. The summed E-state index contributed by atoms with van der Waals surface area (Å²) in [4.78, 5) is 4.64. The van der Waals surface area contributed by atoms with E-state index in [0.29, 0.717) is 18.1 Å². The molecule has 31 heavy (non-hydrogen) atoms. The smallest absolute Gasteiger partial charge is 0.297 e. The lowest BCUT2D eigenvalue weighted by Gasteiger charge is -2.33. The highest BCUT2D eigenvalue weighted by Crippen LogP contribution is 2.29. The van der Waals surface area contributed by atoms with Crippen LogP contribution in [0.1, 0.15) is 17.0 Å². The third kappa shape index (κ3) is 5.56. The Kier molecular flexibility index (Phi) is 6.43. The van der Waals surface area contributed by atoms with E-state index in [1.807, 2.05) is 18.2 Å². The van der Waals surface area contributed by atoms with Crippen LogP contribution in [0, 0.1) is 0 Å². The molecule has 2 aromatic carbocycles. The van der Waals surface area contributed by atoms with E-state index >= 15 is 0 Å². The number of aromatic nitrogens is 4. The van der Waals surface area contributed by atoms with Crippen molar-refractivity contribution in [2.24, 2.45) is 0 Å². The molecule has 6 nitrogen and oxygen atoms in total. The van der Waals surface area contributed by atoms with Gasteiger partial charge >= 0.3 is 6.18 Å². The van der Waals surface area contributed by atoms with Gasteiger partial charge in [0.1, 0.15) is 0 Å². The van der Waals surface area contributed by atoms with Crippen molar-refractivity contribution < 1.29 is 13.2 Å². The topological polar surface area (TPSA) is 50.1 Å². The van der Waals surface area contributed by atoms with E-state index in [0.717, 1.165) is 44.9 Å². The quantitative estimate of drug-likeness (QED) is 0.602. The van der Waals surface area contributed by atoms with Crippen LogP contribution in [-0.2, 0) is 12.7 Å². The lowest BCUT2D eigenvalue weighted by atomic mass is 10.2. The number of hydrogen-bond donors (Lipinski definition) is 0. The summed E-state index contributed by atoms with van der Waals surface area (Å²) < 4.78 is 39.8. The second-order valence-electron chi connectivity index (χ2n) is 7.44. The molecule has 0 atom stereocenters. The van der Waals surface area contributed by atoms with E-state index in [2.05, 4.69) is 49.6 Å². The van der Waals surface area contributed by atoms with Gasteiger partial charge in [-0.05, 0) is 40.3 Å². The van der Waals surface area contributed by atoms with E-state index in [9.17, 15) is 13.2 Å². The normalized spacial score (nSPS) is 16.2. The number of piperazine rings is 1. The molecule has 1 saturated heterocycles. The van der Waals surface area contributed by atoms with Gasteiger partial charge in [-0.15, -0.1) is 5.10 Å². The molecule has 1 aromatic heterocycles. The number of alkyl halides is 3. The standard InChI is InChI=1S/C22H23F3N6/c23-22(24,25)19-8-10-20(11-9-19)31-21(26-27-28-31)17-30-15-13-29(14-16-30)12-4-7-18-5-2-1-3-6-18/h1-11H,12-17H2/b7-4+. The summed E-state index contributed by atoms with van der Waals surface area (Å²) in [6.45, 7) is 5.05. The van der Waals surface area contributed by atoms with Crippen molar-refractivity contribution in [1.82, 2.24) is 30.0 Å². The molecule has 0 spiro atoms. The molecule has 2 heterocycles. The van der Waals surface area contributed by atoms with Gasteiger partial charge in [0.25, 0.3) is 0 Å². The molecule has 3 aromatic rings. The van der Waals surface area contributed by atoms with Crippen molar-refractivity contribution in [2.45, 2.75) is 12.7 Å². The van der Waals surface area contributed by atoms with E-state index in [-0.39, 0.29) is 0 Å². The van der Waals surface area contributed by atoms with E-state index in [4.69, 9.17) is 0 Å². The summed E-state index contributed by atoms with van der Waals surface area (Å²) in [7, 11) is 0. The zero-order chi connectivity index (χ0) is 21.7. The first-order valence-corrected chi connectivity index (χ1v) is 10.1. The molecule has 1 fully saturated rings. The Morgan fingerprint density at radius 1 is 0.871 bits per heavy atom. The first kappa shape index (κ1) is 21.2. The fraction of sp³-hybridized carbons (Fsp3) is 0.318. The molecule has 4 rings (SSSR count). The zero-order valence-electron chi connectivity index (χ0n) is 16.9. The van der Waals surface area contributed by atoms with Gasteiger partial charge < -0.3 is 0 Å². The Morgan fingerprint density at radius 2 is 1.55 bits per heavy atom. The number of nitrogens with zero attached hydrogens (tertiary/aromatic N) is 6. The van der Waals surface area contributed by atoms with E-state index in [1.165, 1.54) is 22.4 Å². The molecule has 1 aliphatic heterocycles. The minimum absolute atomic E-state index is 0.512. The number of hydrogen-bond acceptors (Lipinski definition) is 5. The monoisotopic (exact) mass is 428 g/mol. The molecule has 162 valence electrons. The van der Waals surface area contributed by atoms with Crippen LogP contribution in [0.4, 0.5) is 13.2 Å². The lowest BCUT2D eigenvalue weighted by molar-refractivity contribution is -0.137.